The van der Waals surface area contributed by atoms with Gasteiger partial charge in [0.1, 0.15) is 18.0 Å². The van der Waals surface area contributed by atoms with Crippen molar-refractivity contribution in [2.75, 3.05) is 18.5 Å². The number of hydrogen-bond donors (Lipinski definition) is 2. The fraction of sp³-hybridized carbons (Fsp3) is 0.222. The van der Waals surface area contributed by atoms with Crippen LogP contribution in [0.25, 0.3) is 0 Å². The van der Waals surface area contributed by atoms with Gasteiger partial charge in [-0.2, -0.15) is 0 Å². The van der Waals surface area contributed by atoms with Crippen LogP contribution < -0.4 is 10.1 Å². The Morgan fingerprint density at radius 2 is 2.36 bits per heavy atom. The van der Waals surface area contributed by atoms with Gasteiger partial charge < -0.3 is 15.2 Å². The van der Waals surface area contributed by atoms with Gasteiger partial charge in [0.05, 0.1) is 5.69 Å². The second kappa shape index (κ2) is 3.17. The average Bonchev–Trinajstić information content (AvgIpc) is 2.16. The van der Waals surface area contributed by atoms with Crippen LogP contribution in [0.4, 0.5) is 10.1 Å². The third-order valence-electron chi connectivity index (χ3n) is 1.95. The Morgan fingerprint density at radius 1 is 1.57 bits per heavy atom. The molecule has 74 valence electrons. The van der Waals surface area contributed by atoms with E-state index in [9.17, 15) is 9.18 Å². The lowest BCUT2D eigenvalue weighted by molar-refractivity contribution is 0.0691. The van der Waals surface area contributed by atoms with Crippen molar-refractivity contribution in [3.63, 3.8) is 0 Å². The number of nitrogens with one attached hydrogen (secondary N) is 1. The third-order valence-corrected chi connectivity index (χ3v) is 1.95. The van der Waals surface area contributed by atoms with E-state index in [1.54, 1.807) is 0 Å². The molecule has 0 unspecified atom stereocenters. The number of fused-ring (bicyclic) bond motifs is 1. The van der Waals surface area contributed by atoms with Gasteiger partial charge in [0.2, 0.25) is 0 Å². The lowest BCUT2D eigenvalue weighted by Crippen LogP contribution is -2.20. The summed E-state index contributed by atoms with van der Waals surface area (Å²) in [5.41, 5.74) is 0.251. The normalized spacial score (nSPS) is 13.8. The Morgan fingerprint density at radius 3 is 3.07 bits per heavy atom. The first-order valence-electron chi connectivity index (χ1n) is 4.12. The quantitative estimate of drug-likeness (QED) is 0.713. The topological polar surface area (TPSA) is 58.6 Å². The van der Waals surface area contributed by atoms with Crippen molar-refractivity contribution in [1.29, 1.82) is 0 Å². The van der Waals surface area contributed by atoms with Gasteiger partial charge >= 0.3 is 5.97 Å². The molecule has 0 amide bonds. The van der Waals surface area contributed by atoms with E-state index < -0.39 is 11.8 Å². The van der Waals surface area contributed by atoms with Crippen molar-refractivity contribution in [1.82, 2.24) is 0 Å². The number of hydrogen-bond acceptors (Lipinski definition) is 3. The summed E-state index contributed by atoms with van der Waals surface area (Å²) in [6.07, 6.45) is 0. The summed E-state index contributed by atoms with van der Waals surface area (Å²) in [4.78, 5) is 10.8. The molecule has 2 rings (SSSR count). The first-order chi connectivity index (χ1) is 6.68. The van der Waals surface area contributed by atoms with E-state index in [-0.39, 0.29) is 11.3 Å². The highest BCUT2D eigenvalue weighted by Crippen LogP contribution is 2.32. The molecule has 0 aliphatic carbocycles. The van der Waals surface area contributed by atoms with Gasteiger partial charge in [0, 0.05) is 12.6 Å². The molecule has 1 aliphatic rings. The third kappa shape index (κ3) is 1.37. The van der Waals surface area contributed by atoms with Crippen molar-refractivity contribution < 1.29 is 19.0 Å². The van der Waals surface area contributed by atoms with Crippen LogP contribution in [0.2, 0.25) is 0 Å². The maximum atomic E-state index is 13.0. The summed E-state index contributed by atoms with van der Waals surface area (Å²) in [5, 5.41) is 11.7. The average molecular weight is 197 g/mol. The van der Waals surface area contributed by atoms with Gasteiger partial charge in [0.15, 0.2) is 5.75 Å². The summed E-state index contributed by atoms with van der Waals surface area (Å²) in [5.74, 6) is -1.56. The first-order valence-corrected chi connectivity index (χ1v) is 4.12. The van der Waals surface area contributed by atoms with Crippen molar-refractivity contribution in [3.8, 4) is 5.75 Å². The van der Waals surface area contributed by atoms with Crippen LogP contribution in [-0.2, 0) is 0 Å². The molecular weight excluding hydrogens is 189 g/mol. The number of ether oxygens (including phenoxy) is 1. The zero-order chi connectivity index (χ0) is 10.1. The number of aromatic carboxylic acids is 1. The molecule has 0 fully saturated rings. The van der Waals surface area contributed by atoms with E-state index in [1.807, 2.05) is 0 Å². The fourth-order valence-corrected chi connectivity index (χ4v) is 1.38. The van der Waals surface area contributed by atoms with Gasteiger partial charge in [-0.1, -0.05) is 0 Å². The maximum absolute atomic E-state index is 13.0. The van der Waals surface area contributed by atoms with Gasteiger partial charge in [0.25, 0.3) is 0 Å². The van der Waals surface area contributed by atoms with E-state index >= 15 is 0 Å². The van der Waals surface area contributed by atoms with Crippen molar-refractivity contribution in [2.45, 2.75) is 0 Å². The second-order valence-corrected chi connectivity index (χ2v) is 2.91. The molecular formula is C9H8FNO3. The fourth-order valence-electron chi connectivity index (χ4n) is 1.38. The molecule has 14 heavy (non-hydrogen) atoms. The molecule has 0 bridgehead atoms. The lowest BCUT2D eigenvalue weighted by atomic mass is 10.1. The Bertz CT molecular complexity index is 392. The van der Waals surface area contributed by atoms with Gasteiger partial charge in [-0.3, -0.25) is 0 Å². The van der Waals surface area contributed by atoms with Gasteiger partial charge in [-0.05, 0) is 6.07 Å². The number of carbonyl (C=O) groups is 1. The van der Waals surface area contributed by atoms with Crippen molar-refractivity contribution >= 4 is 11.7 Å². The van der Waals surface area contributed by atoms with Crippen LogP contribution in [0, 0.1) is 5.82 Å². The van der Waals surface area contributed by atoms with E-state index in [4.69, 9.17) is 9.84 Å². The van der Waals surface area contributed by atoms with Crippen LogP contribution in [0.5, 0.6) is 5.75 Å². The minimum atomic E-state index is -1.19. The smallest absolute Gasteiger partial charge is 0.339 e. The summed E-state index contributed by atoms with van der Waals surface area (Å²) in [6, 6.07) is 2.18. The predicted molar refractivity (Wildman–Crippen MR) is 47.3 cm³/mol. The highest BCUT2D eigenvalue weighted by atomic mass is 19.1. The van der Waals surface area contributed by atoms with Crippen LogP contribution in [0.3, 0.4) is 0 Å². The molecule has 0 saturated heterocycles. The Kier molecular flexibility index (Phi) is 1.99. The zero-order valence-electron chi connectivity index (χ0n) is 7.21. The Balaban J connectivity index is 2.58. The van der Waals surface area contributed by atoms with E-state index in [0.29, 0.717) is 18.8 Å². The highest BCUT2D eigenvalue weighted by molar-refractivity contribution is 5.93. The van der Waals surface area contributed by atoms with E-state index in [0.717, 1.165) is 6.07 Å². The monoisotopic (exact) mass is 197 g/mol. The Labute approximate surface area is 79.3 Å². The van der Waals surface area contributed by atoms with Gasteiger partial charge in [-0.25, -0.2) is 9.18 Å². The molecule has 5 heteroatoms. The highest BCUT2D eigenvalue weighted by Gasteiger charge is 2.20. The largest absolute Gasteiger partial charge is 0.489 e. The van der Waals surface area contributed by atoms with Crippen LogP contribution in [-0.4, -0.2) is 24.2 Å². The molecule has 2 N–H and O–H groups in total. The zero-order valence-corrected chi connectivity index (χ0v) is 7.21. The number of rotatable bonds is 1. The number of carboxylic acids is 1. The second-order valence-electron chi connectivity index (χ2n) is 2.91. The van der Waals surface area contributed by atoms with Gasteiger partial charge in [-0.15, -0.1) is 0 Å². The summed E-state index contributed by atoms with van der Waals surface area (Å²) in [7, 11) is 0. The van der Waals surface area contributed by atoms with Crippen LogP contribution >= 0.6 is 0 Å². The molecule has 1 aliphatic heterocycles. The minimum Gasteiger partial charge on any atom is -0.489 e. The number of halogens is 1. The summed E-state index contributed by atoms with van der Waals surface area (Å²) >= 11 is 0. The molecule has 1 aromatic carbocycles. The molecule has 0 saturated carbocycles. The predicted octanol–water partition coefficient (Wildman–Crippen LogP) is 1.33. The molecule has 4 nitrogen and oxygen atoms in total. The van der Waals surface area contributed by atoms with Crippen LogP contribution in [0.15, 0.2) is 12.1 Å². The van der Waals surface area contributed by atoms with Crippen LogP contribution in [0.1, 0.15) is 10.4 Å². The first kappa shape index (κ1) is 8.80. The number of benzene rings is 1. The standard InChI is InChI=1S/C9H8FNO3/c10-5-3-6(9(12)13)8-7(4-5)11-1-2-14-8/h3-4,11H,1-2H2,(H,12,13). The molecule has 0 aromatic heterocycles. The number of anilines is 1. The Hall–Kier alpha value is -1.78. The van der Waals surface area contributed by atoms with Crippen molar-refractivity contribution in [3.05, 3.63) is 23.5 Å². The number of carboxylic acid groups (broad SMARTS) is 1. The summed E-state index contributed by atoms with van der Waals surface area (Å²) < 4.78 is 18.1. The maximum Gasteiger partial charge on any atom is 0.339 e. The van der Waals surface area contributed by atoms with Crippen molar-refractivity contribution in [2.24, 2.45) is 0 Å². The molecule has 0 atom stereocenters. The molecule has 1 aromatic rings. The minimum absolute atomic E-state index is 0.146. The van der Waals surface area contributed by atoms with E-state index in [1.165, 1.54) is 6.07 Å². The summed E-state index contributed by atoms with van der Waals surface area (Å²) in [6.45, 7) is 0.939. The molecule has 0 radical (unpaired) electrons. The molecule has 1 heterocycles. The lowest BCUT2D eigenvalue weighted by Gasteiger charge is -2.20. The van der Waals surface area contributed by atoms with E-state index in [2.05, 4.69) is 5.32 Å². The molecule has 0 spiro atoms. The SMILES string of the molecule is O=C(O)c1cc(F)cc2c1OCCN2.